The number of hydrogen-bond acceptors (Lipinski definition) is 4. The van der Waals surface area contributed by atoms with Crippen molar-refractivity contribution >= 4 is 11.9 Å². The van der Waals surface area contributed by atoms with Crippen LogP contribution in [-0.2, 0) is 19.1 Å². The van der Waals surface area contributed by atoms with E-state index in [1.807, 2.05) is 13.8 Å². The Balaban J connectivity index is 4.25. The third-order valence-corrected chi connectivity index (χ3v) is 2.56. The molecular weight excluding hydrogens is 250 g/mol. The summed E-state index contributed by atoms with van der Waals surface area (Å²) in [5.74, 6) is -1.69. The van der Waals surface area contributed by atoms with Crippen LogP contribution in [0.3, 0.4) is 0 Å². The van der Waals surface area contributed by atoms with Crippen molar-refractivity contribution in [1.82, 2.24) is 4.90 Å². The van der Waals surface area contributed by atoms with Crippen molar-refractivity contribution in [1.29, 1.82) is 0 Å². The van der Waals surface area contributed by atoms with Crippen molar-refractivity contribution in [2.45, 2.75) is 33.3 Å². The molecule has 0 aliphatic carbocycles. The molecule has 0 bridgehead atoms. The predicted octanol–water partition coefficient (Wildman–Crippen LogP) is 0.997. The van der Waals surface area contributed by atoms with Gasteiger partial charge in [-0.1, -0.05) is 6.92 Å². The molecule has 0 spiro atoms. The Hall–Kier alpha value is -1.14. The molecule has 19 heavy (non-hydrogen) atoms. The maximum atomic E-state index is 11.8. The van der Waals surface area contributed by atoms with Crippen molar-refractivity contribution in [3.05, 3.63) is 0 Å². The maximum absolute atomic E-state index is 11.8. The molecule has 1 unspecified atom stereocenters. The Morgan fingerprint density at radius 2 is 1.89 bits per heavy atom. The molecule has 0 radical (unpaired) electrons. The lowest BCUT2D eigenvalue weighted by atomic mass is 10.1. The molecule has 0 aromatic rings. The molecule has 0 saturated heterocycles. The number of carbonyl (C=O) groups is 2. The molecule has 0 rings (SSSR count). The number of aliphatic carboxylic acids is 1. The van der Waals surface area contributed by atoms with Crippen molar-refractivity contribution in [3.8, 4) is 0 Å². The highest BCUT2D eigenvalue weighted by molar-refractivity contribution is 5.78. The van der Waals surface area contributed by atoms with Gasteiger partial charge in [-0.05, 0) is 20.3 Å². The zero-order valence-electron chi connectivity index (χ0n) is 12.2. The minimum Gasteiger partial charge on any atom is -0.481 e. The lowest BCUT2D eigenvalue weighted by Crippen LogP contribution is -2.39. The van der Waals surface area contributed by atoms with Gasteiger partial charge in [0, 0.05) is 26.8 Å². The second-order valence-electron chi connectivity index (χ2n) is 4.79. The van der Waals surface area contributed by atoms with Gasteiger partial charge in [0.15, 0.2) is 0 Å². The van der Waals surface area contributed by atoms with E-state index in [4.69, 9.17) is 14.6 Å². The fourth-order valence-corrected chi connectivity index (χ4v) is 1.52. The Labute approximate surface area is 114 Å². The number of carbonyl (C=O) groups excluding carboxylic acids is 1. The van der Waals surface area contributed by atoms with Crippen LogP contribution in [0.25, 0.3) is 0 Å². The largest absolute Gasteiger partial charge is 0.481 e. The van der Waals surface area contributed by atoms with Crippen LogP contribution in [0.1, 0.15) is 27.2 Å². The van der Waals surface area contributed by atoms with E-state index in [2.05, 4.69) is 0 Å². The van der Waals surface area contributed by atoms with E-state index in [1.54, 1.807) is 6.92 Å². The topological polar surface area (TPSA) is 76.1 Å². The van der Waals surface area contributed by atoms with Crippen LogP contribution in [0.2, 0.25) is 0 Å². The number of amides is 1. The third-order valence-electron chi connectivity index (χ3n) is 2.56. The fourth-order valence-electron chi connectivity index (χ4n) is 1.52. The number of hydrogen-bond donors (Lipinski definition) is 1. The number of carboxylic acid groups (broad SMARTS) is 1. The minimum atomic E-state index is -0.909. The first kappa shape index (κ1) is 17.9. The van der Waals surface area contributed by atoms with E-state index < -0.39 is 11.9 Å². The second kappa shape index (κ2) is 9.75. The molecular formula is C13H25NO5. The number of ether oxygens (including phenoxy) is 2. The molecule has 1 atom stereocenters. The number of methoxy groups -OCH3 is 1. The molecule has 1 amide bonds. The SMILES string of the molecule is COCC(=O)N(CCCOC(C)C)CC(C)C(=O)O. The quantitative estimate of drug-likeness (QED) is 0.602. The molecule has 0 aliphatic rings. The number of nitrogens with zero attached hydrogens (tertiary/aromatic N) is 1. The van der Waals surface area contributed by atoms with E-state index in [0.717, 1.165) is 0 Å². The summed E-state index contributed by atoms with van der Waals surface area (Å²) in [7, 11) is 1.44. The van der Waals surface area contributed by atoms with Gasteiger partial charge < -0.3 is 19.5 Å². The van der Waals surface area contributed by atoms with E-state index in [9.17, 15) is 9.59 Å². The molecule has 0 aromatic heterocycles. The molecule has 6 nitrogen and oxygen atoms in total. The van der Waals surface area contributed by atoms with Gasteiger partial charge in [-0.15, -0.1) is 0 Å². The maximum Gasteiger partial charge on any atom is 0.308 e. The lowest BCUT2D eigenvalue weighted by molar-refractivity contribution is -0.144. The first-order valence-corrected chi connectivity index (χ1v) is 6.49. The van der Waals surface area contributed by atoms with E-state index in [0.29, 0.717) is 19.6 Å². The van der Waals surface area contributed by atoms with Crippen LogP contribution >= 0.6 is 0 Å². The normalized spacial score (nSPS) is 12.5. The zero-order chi connectivity index (χ0) is 14.8. The lowest BCUT2D eigenvalue weighted by Gasteiger charge is -2.24. The van der Waals surface area contributed by atoms with Gasteiger partial charge in [0.2, 0.25) is 5.91 Å². The standard InChI is InChI=1S/C13H25NO5/c1-10(2)19-7-5-6-14(12(15)9-18-4)8-11(3)13(16)17/h10-11H,5-9H2,1-4H3,(H,16,17). The molecule has 0 heterocycles. The van der Waals surface area contributed by atoms with Gasteiger partial charge in [0.1, 0.15) is 6.61 Å². The molecule has 0 saturated carbocycles. The van der Waals surface area contributed by atoms with Crippen LogP contribution in [0.15, 0.2) is 0 Å². The molecule has 0 aliphatic heterocycles. The van der Waals surface area contributed by atoms with Gasteiger partial charge in [-0.3, -0.25) is 9.59 Å². The van der Waals surface area contributed by atoms with E-state index in [-0.39, 0.29) is 25.2 Å². The van der Waals surface area contributed by atoms with E-state index >= 15 is 0 Å². The minimum absolute atomic E-state index is 0.0304. The van der Waals surface area contributed by atoms with Crippen LogP contribution in [0.5, 0.6) is 0 Å². The Morgan fingerprint density at radius 1 is 1.26 bits per heavy atom. The molecule has 6 heteroatoms. The second-order valence-corrected chi connectivity index (χ2v) is 4.79. The average Bonchev–Trinajstić information content (AvgIpc) is 2.32. The fraction of sp³-hybridized carbons (Fsp3) is 0.846. The summed E-state index contributed by atoms with van der Waals surface area (Å²) in [5, 5.41) is 8.89. The summed E-state index contributed by atoms with van der Waals surface area (Å²) in [4.78, 5) is 24.2. The monoisotopic (exact) mass is 275 g/mol. The van der Waals surface area contributed by atoms with Crippen molar-refractivity contribution in [2.75, 3.05) is 33.4 Å². The van der Waals surface area contributed by atoms with Gasteiger partial charge in [-0.25, -0.2) is 0 Å². The average molecular weight is 275 g/mol. The first-order chi connectivity index (χ1) is 8.88. The summed E-state index contributed by atoms with van der Waals surface area (Å²) in [6.07, 6.45) is 0.834. The summed E-state index contributed by atoms with van der Waals surface area (Å²) < 4.78 is 10.2. The Kier molecular flexibility index (Phi) is 9.16. The first-order valence-electron chi connectivity index (χ1n) is 6.49. The predicted molar refractivity (Wildman–Crippen MR) is 71.0 cm³/mol. The zero-order valence-corrected chi connectivity index (χ0v) is 12.2. The Bertz CT molecular complexity index is 280. The van der Waals surface area contributed by atoms with Crippen molar-refractivity contribution in [2.24, 2.45) is 5.92 Å². The molecule has 0 fully saturated rings. The summed E-state index contributed by atoms with van der Waals surface area (Å²) in [6, 6.07) is 0. The smallest absolute Gasteiger partial charge is 0.308 e. The van der Waals surface area contributed by atoms with Gasteiger partial charge in [0.05, 0.1) is 12.0 Å². The van der Waals surface area contributed by atoms with Crippen LogP contribution in [0.4, 0.5) is 0 Å². The van der Waals surface area contributed by atoms with Crippen molar-refractivity contribution < 1.29 is 24.2 Å². The Morgan fingerprint density at radius 3 is 2.37 bits per heavy atom. The molecule has 112 valence electrons. The highest BCUT2D eigenvalue weighted by atomic mass is 16.5. The highest BCUT2D eigenvalue weighted by Crippen LogP contribution is 2.03. The van der Waals surface area contributed by atoms with E-state index in [1.165, 1.54) is 12.0 Å². The van der Waals surface area contributed by atoms with Gasteiger partial charge in [0.25, 0.3) is 0 Å². The molecule has 0 aromatic carbocycles. The van der Waals surface area contributed by atoms with Gasteiger partial charge in [-0.2, -0.15) is 0 Å². The molecule has 1 N–H and O–H groups in total. The number of carboxylic acids is 1. The van der Waals surface area contributed by atoms with Gasteiger partial charge >= 0.3 is 5.97 Å². The van der Waals surface area contributed by atoms with Crippen LogP contribution < -0.4 is 0 Å². The highest BCUT2D eigenvalue weighted by Gasteiger charge is 2.20. The summed E-state index contributed by atoms with van der Waals surface area (Å²) in [6.45, 7) is 6.67. The summed E-state index contributed by atoms with van der Waals surface area (Å²) in [5.41, 5.74) is 0. The van der Waals surface area contributed by atoms with Crippen LogP contribution in [-0.4, -0.2) is 61.4 Å². The number of rotatable bonds is 10. The summed E-state index contributed by atoms with van der Waals surface area (Å²) >= 11 is 0. The van der Waals surface area contributed by atoms with Crippen molar-refractivity contribution in [3.63, 3.8) is 0 Å². The third kappa shape index (κ3) is 8.56. The van der Waals surface area contributed by atoms with Crippen LogP contribution in [0, 0.1) is 5.92 Å².